The molecule has 230 valence electrons. The molecule has 0 aliphatic rings. The van der Waals surface area contributed by atoms with Gasteiger partial charge in [-0.25, -0.2) is 4.39 Å². The van der Waals surface area contributed by atoms with Crippen molar-refractivity contribution < 1.29 is 41.4 Å². The zero-order chi connectivity index (χ0) is 30.8. The fourth-order valence-corrected chi connectivity index (χ4v) is 5.41. The molecule has 0 bridgehead atoms. The van der Waals surface area contributed by atoms with Crippen molar-refractivity contribution in [3.63, 3.8) is 0 Å². The Morgan fingerprint density at radius 1 is 0.738 bits per heavy atom. The zero-order valence-corrected chi connectivity index (χ0v) is 23.5. The van der Waals surface area contributed by atoms with Crippen LogP contribution in [0.4, 0.5) is 26.3 Å². The van der Waals surface area contributed by atoms with Gasteiger partial charge in [0.15, 0.2) is 0 Å². The van der Waals surface area contributed by atoms with E-state index in [2.05, 4.69) is 0 Å². The number of phenolic OH excluding ortho intramolecular Hbond substituents is 1. The zero-order valence-electron chi connectivity index (χ0n) is 23.5. The largest absolute Gasteiger partial charge is 0.508 e. The van der Waals surface area contributed by atoms with Crippen LogP contribution in [0.5, 0.6) is 5.75 Å². The summed E-state index contributed by atoms with van der Waals surface area (Å²) in [5, 5.41) is 21.2. The maximum absolute atomic E-state index is 13.5. The van der Waals surface area contributed by atoms with Crippen molar-refractivity contribution in [2.75, 3.05) is 0 Å². The first-order valence-electron chi connectivity index (χ1n) is 14.6. The Labute approximate surface area is 242 Å². The Kier molecular flexibility index (Phi) is 12.1. The highest BCUT2D eigenvalue weighted by Gasteiger charge is 2.56. The number of aliphatic carboxylic acids is 1. The van der Waals surface area contributed by atoms with Crippen molar-refractivity contribution in [1.82, 2.24) is 0 Å². The Morgan fingerprint density at radius 3 is 1.95 bits per heavy atom. The number of carbonyl (C=O) groups is 1. The van der Waals surface area contributed by atoms with Gasteiger partial charge in [0.25, 0.3) is 0 Å². The summed E-state index contributed by atoms with van der Waals surface area (Å²) in [4.78, 5) is 11.4. The standard InChI is InChI=1S/C33H38F6O3/c34-26-16-13-23(14-17-26)28-19-15-25-22-27(40)18-20-29(25)30(28)12-8-6-4-2-1-3-5-7-10-24(31(41)42)11-9-21-32(35,36)33(37,38)39/h13-20,22,24,40H,1-12,21H2,(H,41,42). The Morgan fingerprint density at radius 2 is 1.33 bits per heavy atom. The molecule has 9 heteroatoms. The summed E-state index contributed by atoms with van der Waals surface area (Å²) in [6.07, 6.45) is 0.696. The average Bonchev–Trinajstić information content (AvgIpc) is 2.92. The number of aryl methyl sites for hydroxylation is 1. The molecule has 0 aliphatic heterocycles. The molecular weight excluding hydrogens is 558 g/mol. The van der Waals surface area contributed by atoms with Crippen molar-refractivity contribution >= 4 is 16.7 Å². The second kappa shape index (κ2) is 15.3. The number of unbranched alkanes of at least 4 members (excludes halogenated alkanes) is 7. The molecule has 0 heterocycles. The van der Waals surface area contributed by atoms with Gasteiger partial charge in [0.2, 0.25) is 0 Å². The van der Waals surface area contributed by atoms with Crippen molar-refractivity contribution in [2.24, 2.45) is 5.92 Å². The van der Waals surface area contributed by atoms with Crippen molar-refractivity contribution in [1.29, 1.82) is 0 Å². The number of benzene rings is 3. The first-order chi connectivity index (χ1) is 19.9. The van der Waals surface area contributed by atoms with Gasteiger partial charge in [-0.15, -0.1) is 0 Å². The van der Waals surface area contributed by atoms with E-state index in [1.54, 1.807) is 24.3 Å². The van der Waals surface area contributed by atoms with Crippen LogP contribution in [0, 0.1) is 11.7 Å². The van der Waals surface area contributed by atoms with E-state index < -0.39 is 36.8 Å². The fourth-order valence-electron chi connectivity index (χ4n) is 5.41. The van der Waals surface area contributed by atoms with Gasteiger partial charge in [0.05, 0.1) is 5.92 Å². The molecule has 3 rings (SSSR count). The van der Waals surface area contributed by atoms with E-state index in [4.69, 9.17) is 0 Å². The van der Waals surface area contributed by atoms with Crippen LogP contribution in [0.1, 0.15) is 82.6 Å². The number of hydrogen-bond donors (Lipinski definition) is 2. The third-order valence-corrected chi connectivity index (χ3v) is 7.81. The van der Waals surface area contributed by atoms with E-state index in [-0.39, 0.29) is 24.4 Å². The Balaban J connectivity index is 1.38. The number of aromatic hydroxyl groups is 1. The van der Waals surface area contributed by atoms with Gasteiger partial charge in [-0.05, 0) is 83.8 Å². The third-order valence-electron chi connectivity index (χ3n) is 7.81. The summed E-state index contributed by atoms with van der Waals surface area (Å²) in [7, 11) is 0. The number of alkyl halides is 5. The third kappa shape index (κ3) is 9.66. The first-order valence-corrected chi connectivity index (χ1v) is 14.6. The quantitative estimate of drug-likeness (QED) is 0.120. The summed E-state index contributed by atoms with van der Waals surface area (Å²) in [5.74, 6) is -6.95. The van der Waals surface area contributed by atoms with Crippen molar-refractivity contribution in [2.45, 2.75) is 95.6 Å². The highest BCUT2D eigenvalue weighted by Crippen LogP contribution is 2.39. The van der Waals surface area contributed by atoms with Crippen LogP contribution in [0.25, 0.3) is 21.9 Å². The summed E-state index contributed by atoms with van der Waals surface area (Å²) in [6, 6.07) is 15.7. The molecule has 3 aromatic rings. The molecule has 0 amide bonds. The van der Waals surface area contributed by atoms with Gasteiger partial charge in [0.1, 0.15) is 11.6 Å². The van der Waals surface area contributed by atoms with Crippen LogP contribution in [-0.4, -0.2) is 28.3 Å². The molecular formula is C33H38F6O3. The lowest BCUT2D eigenvalue weighted by molar-refractivity contribution is -0.284. The highest BCUT2D eigenvalue weighted by molar-refractivity contribution is 5.92. The van der Waals surface area contributed by atoms with Gasteiger partial charge in [-0.2, -0.15) is 22.0 Å². The second-order valence-corrected chi connectivity index (χ2v) is 11.0. The molecule has 1 unspecified atom stereocenters. The van der Waals surface area contributed by atoms with Crippen LogP contribution in [0.2, 0.25) is 0 Å². The molecule has 0 fully saturated rings. The maximum Gasteiger partial charge on any atom is 0.453 e. The van der Waals surface area contributed by atoms with Gasteiger partial charge in [0, 0.05) is 6.42 Å². The molecule has 0 aliphatic carbocycles. The normalized spacial score (nSPS) is 13.0. The molecule has 0 saturated heterocycles. The molecule has 3 aromatic carbocycles. The van der Waals surface area contributed by atoms with E-state index in [1.807, 2.05) is 18.2 Å². The summed E-state index contributed by atoms with van der Waals surface area (Å²) < 4.78 is 76.5. The smallest absolute Gasteiger partial charge is 0.453 e. The fraction of sp³-hybridized carbons (Fsp3) is 0.485. The number of phenols is 1. The minimum atomic E-state index is -5.61. The van der Waals surface area contributed by atoms with Gasteiger partial charge in [-0.3, -0.25) is 4.79 Å². The molecule has 1 atom stereocenters. The summed E-state index contributed by atoms with van der Waals surface area (Å²) >= 11 is 0. The first kappa shape index (κ1) is 33.3. The summed E-state index contributed by atoms with van der Waals surface area (Å²) in [6.45, 7) is 0. The Bertz CT molecular complexity index is 1290. The topological polar surface area (TPSA) is 57.5 Å². The number of fused-ring (bicyclic) bond motifs is 1. The van der Waals surface area contributed by atoms with Crippen molar-refractivity contribution in [3.05, 3.63) is 66.0 Å². The lowest BCUT2D eigenvalue weighted by Crippen LogP contribution is -2.36. The van der Waals surface area contributed by atoms with Gasteiger partial charge < -0.3 is 10.2 Å². The van der Waals surface area contributed by atoms with Crippen LogP contribution < -0.4 is 0 Å². The number of halogens is 6. The predicted molar refractivity (Wildman–Crippen MR) is 152 cm³/mol. The molecule has 0 spiro atoms. The number of hydrogen-bond acceptors (Lipinski definition) is 2. The summed E-state index contributed by atoms with van der Waals surface area (Å²) in [5.41, 5.74) is 3.14. The van der Waals surface area contributed by atoms with E-state index in [1.165, 1.54) is 12.1 Å². The molecule has 0 aromatic heterocycles. The monoisotopic (exact) mass is 596 g/mol. The molecule has 0 radical (unpaired) electrons. The second-order valence-electron chi connectivity index (χ2n) is 11.0. The number of rotatable bonds is 17. The Hall–Kier alpha value is -3.23. The molecule has 2 N–H and O–H groups in total. The van der Waals surface area contributed by atoms with Crippen LogP contribution in [0.15, 0.2) is 54.6 Å². The number of carboxylic acids is 1. The molecule has 42 heavy (non-hydrogen) atoms. The van der Waals surface area contributed by atoms with E-state index in [0.717, 1.165) is 78.8 Å². The highest BCUT2D eigenvalue weighted by atomic mass is 19.4. The van der Waals surface area contributed by atoms with Gasteiger partial charge in [-0.1, -0.05) is 75.3 Å². The lowest BCUT2D eigenvalue weighted by atomic mass is 9.90. The van der Waals surface area contributed by atoms with Crippen LogP contribution in [-0.2, 0) is 11.2 Å². The minimum Gasteiger partial charge on any atom is -0.508 e. The minimum absolute atomic E-state index is 0.193. The number of carboxylic acid groups (broad SMARTS) is 1. The van der Waals surface area contributed by atoms with Gasteiger partial charge >= 0.3 is 18.1 Å². The SMILES string of the molecule is O=C(O)C(CCCCCCCCCCc1c(-c2ccc(F)cc2)ccc2cc(O)ccc12)CCCC(F)(F)C(F)(F)F. The molecule has 3 nitrogen and oxygen atoms in total. The predicted octanol–water partition coefficient (Wildman–Crippen LogP) is 10.5. The maximum atomic E-state index is 13.5. The van der Waals surface area contributed by atoms with E-state index >= 15 is 0 Å². The average molecular weight is 597 g/mol. The van der Waals surface area contributed by atoms with E-state index in [0.29, 0.717) is 6.42 Å². The lowest BCUT2D eigenvalue weighted by Gasteiger charge is -2.20. The van der Waals surface area contributed by atoms with E-state index in [9.17, 15) is 41.4 Å². The molecule has 0 saturated carbocycles. The van der Waals surface area contributed by atoms with Crippen LogP contribution in [0.3, 0.4) is 0 Å². The van der Waals surface area contributed by atoms with Crippen molar-refractivity contribution in [3.8, 4) is 16.9 Å². The van der Waals surface area contributed by atoms with Crippen LogP contribution >= 0.6 is 0 Å².